The molecule has 0 aliphatic heterocycles. The van der Waals surface area contributed by atoms with Crippen LogP contribution in [-0.2, 0) is 9.53 Å². The highest BCUT2D eigenvalue weighted by atomic mass is 35.5. The molecule has 0 atom stereocenters. The number of nitrogens with zero attached hydrogens (tertiary/aromatic N) is 3. The molecule has 3 aromatic rings. The lowest BCUT2D eigenvalue weighted by atomic mass is 10.2. The highest BCUT2D eigenvalue weighted by Crippen LogP contribution is 2.24. The van der Waals surface area contributed by atoms with Gasteiger partial charge in [0.25, 0.3) is 11.6 Å². The fourth-order valence-corrected chi connectivity index (χ4v) is 2.74. The van der Waals surface area contributed by atoms with E-state index in [-0.39, 0.29) is 10.6 Å². The summed E-state index contributed by atoms with van der Waals surface area (Å²) in [5.74, 6) is -1.23. The van der Waals surface area contributed by atoms with Gasteiger partial charge in [-0.05, 0) is 31.2 Å². The highest BCUT2D eigenvalue weighted by molar-refractivity contribution is 6.31. The molecule has 0 aliphatic carbocycles. The number of ether oxygens (including phenoxy) is 1. The van der Waals surface area contributed by atoms with Crippen LogP contribution >= 0.6 is 11.6 Å². The van der Waals surface area contributed by atoms with E-state index in [1.165, 1.54) is 12.1 Å². The van der Waals surface area contributed by atoms with Crippen LogP contribution in [0.2, 0.25) is 5.02 Å². The molecule has 0 unspecified atom stereocenters. The normalized spacial score (nSPS) is 10.4. The number of halogens is 1. The number of nitrogens with one attached hydrogen (secondary N) is 1. The molecule has 1 amide bonds. The number of nitro benzene ring substituents is 1. The van der Waals surface area contributed by atoms with E-state index in [1.807, 2.05) is 30.3 Å². The van der Waals surface area contributed by atoms with Gasteiger partial charge in [-0.1, -0.05) is 29.8 Å². The third-order valence-electron chi connectivity index (χ3n) is 3.81. The summed E-state index contributed by atoms with van der Waals surface area (Å²) in [7, 11) is 0. The van der Waals surface area contributed by atoms with Crippen molar-refractivity contribution in [3.63, 3.8) is 0 Å². The number of aromatic nitrogens is 2. The molecule has 1 N–H and O–H groups in total. The largest absolute Gasteiger partial charge is 0.452 e. The maximum atomic E-state index is 12.2. The van der Waals surface area contributed by atoms with Crippen LogP contribution in [0.1, 0.15) is 16.1 Å². The molecule has 0 fully saturated rings. The first-order valence-electron chi connectivity index (χ1n) is 8.38. The molecular formula is C19H15ClN4O5. The van der Waals surface area contributed by atoms with E-state index in [9.17, 15) is 19.7 Å². The zero-order valence-corrected chi connectivity index (χ0v) is 15.9. The van der Waals surface area contributed by atoms with E-state index >= 15 is 0 Å². The van der Waals surface area contributed by atoms with Crippen molar-refractivity contribution in [2.75, 3.05) is 11.9 Å². The number of anilines is 1. The molecule has 29 heavy (non-hydrogen) atoms. The van der Waals surface area contributed by atoms with Crippen LogP contribution < -0.4 is 5.32 Å². The number of hydrogen-bond donors (Lipinski definition) is 1. The Kier molecular flexibility index (Phi) is 5.89. The minimum Gasteiger partial charge on any atom is -0.452 e. The second kappa shape index (κ2) is 8.53. The van der Waals surface area contributed by atoms with Crippen LogP contribution in [0.3, 0.4) is 0 Å². The number of carbonyl (C=O) groups excluding carboxylic acids is 2. The number of amides is 1. The van der Waals surface area contributed by atoms with Crippen molar-refractivity contribution >= 4 is 35.0 Å². The molecule has 3 rings (SSSR count). The maximum Gasteiger partial charge on any atom is 0.345 e. The predicted molar refractivity (Wildman–Crippen MR) is 105 cm³/mol. The zero-order valence-electron chi connectivity index (χ0n) is 15.2. The van der Waals surface area contributed by atoms with Crippen LogP contribution in [0, 0.1) is 17.0 Å². The summed E-state index contributed by atoms with van der Waals surface area (Å²) in [6.45, 7) is 1.15. The third-order valence-corrected chi connectivity index (χ3v) is 4.05. The number of nitro groups is 1. The number of para-hydroxylation sites is 1. The van der Waals surface area contributed by atoms with Gasteiger partial charge in [0.2, 0.25) is 0 Å². The van der Waals surface area contributed by atoms with Crippen molar-refractivity contribution in [3.8, 4) is 5.69 Å². The van der Waals surface area contributed by atoms with Crippen LogP contribution in [0.4, 0.5) is 11.5 Å². The Hall–Kier alpha value is -3.72. The van der Waals surface area contributed by atoms with E-state index in [2.05, 4.69) is 10.4 Å². The van der Waals surface area contributed by atoms with Gasteiger partial charge in [-0.2, -0.15) is 5.10 Å². The number of aryl methyl sites for hydroxylation is 1. The SMILES string of the molecule is Cc1cc(NC(=O)COC(=O)c2ccc(Cl)cc2[N+](=O)[O-])n(-c2ccccc2)n1. The third kappa shape index (κ3) is 4.77. The minimum absolute atomic E-state index is 0.107. The smallest absolute Gasteiger partial charge is 0.345 e. The second-order valence-corrected chi connectivity index (χ2v) is 6.40. The van der Waals surface area contributed by atoms with E-state index in [1.54, 1.807) is 17.7 Å². The lowest BCUT2D eigenvalue weighted by molar-refractivity contribution is -0.385. The molecule has 148 valence electrons. The fraction of sp³-hybridized carbons (Fsp3) is 0.105. The van der Waals surface area contributed by atoms with Gasteiger partial charge in [0.1, 0.15) is 11.4 Å². The number of carbonyl (C=O) groups is 2. The monoisotopic (exact) mass is 414 g/mol. The molecule has 2 aromatic carbocycles. The summed E-state index contributed by atoms with van der Waals surface area (Å²) in [5.41, 5.74) is 0.626. The Morgan fingerprint density at radius 1 is 1.21 bits per heavy atom. The Morgan fingerprint density at radius 3 is 2.62 bits per heavy atom. The Morgan fingerprint density at radius 2 is 1.93 bits per heavy atom. The number of hydrogen-bond acceptors (Lipinski definition) is 6. The zero-order chi connectivity index (χ0) is 21.0. The first kappa shape index (κ1) is 20.0. The van der Waals surface area contributed by atoms with Crippen LogP contribution in [-0.4, -0.2) is 33.2 Å². The summed E-state index contributed by atoms with van der Waals surface area (Å²) < 4.78 is 6.46. The standard InChI is InChI=1S/C19H15ClN4O5/c1-12-9-17(23(22-12)14-5-3-2-4-6-14)21-18(25)11-29-19(26)15-8-7-13(20)10-16(15)24(27)28/h2-10H,11H2,1H3,(H,21,25). The molecule has 0 aliphatic rings. The number of rotatable bonds is 6. The molecule has 1 aromatic heterocycles. The van der Waals surface area contributed by atoms with E-state index in [4.69, 9.17) is 16.3 Å². The van der Waals surface area contributed by atoms with Crippen molar-refractivity contribution in [3.05, 3.63) is 81.0 Å². The average molecular weight is 415 g/mol. The van der Waals surface area contributed by atoms with E-state index in [0.717, 1.165) is 11.8 Å². The molecule has 0 radical (unpaired) electrons. The second-order valence-electron chi connectivity index (χ2n) is 5.96. The van der Waals surface area contributed by atoms with Crippen LogP contribution in [0.25, 0.3) is 5.69 Å². The summed E-state index contributed by atoms with van der Waals surface area (Å²) in [5, 5.41) is 18.1. The minimum atomic E-state index is -1.00. The van der Waals surface area contributed by atoms with Gasteiger partial charge in [-0.15, -0.1) is 0 Å². The summed E-state index contributed by atoms with van der Waals surface area (Å²) in [6.07, 6.45) is 0. The average Bonchev–Trinajstić information content (AvgIpc) is 3.06. The topological polar surface area (TPSA) is 116 Å². The number of benzene rings is 2. The summed E-state index contributed by atoms with van der Waals surface area (Å²) in [6, 6.07) is 14.4. The van der Waals surface area contributed by atoms with Gasteiger partial charge in [0.15, 0.2) is 6.61 Å². The first-order valence-corrected chi connectivity index (χ1v) is 8.76. The van der Waals surface area contributed by atoms with Gasteiger partial charge < -0.3 is 10.1 Å². The first-order chi connectivity index (χ1) is 13.8. The summed E-state index contributed by atoms with van der Waals surface area (Å²) in [4.78, 5) is 34.7. The van der Waals surface area contributed by atoms with Gasteiger partial charge in [0.05, 0.1) is 16.3 Å². The van der Waals surface area contributed by atoms with E-state index in [0.29, 0.717) is 11.5 Å². The Labute approximate surface area is 170 Å². The molecule has 0 spiro atoms. The molecule has 0 saturated heterocycles. The quantitative estimate of drug-likeness (QED) is 0.374. The molecule has 1 heterocycles. The molecule has 9 nitrogen and oxygen atoms in total. The Balaban J connectivity index is 1.69. The molecule has 0 bridgehead atoms. The maximum absolute atomic E-state index is 12.2. The van der Waals surface area contributed by atoms with Crippen LogP contribution in [0.15, 0.2) is 54.6 Å². The fourth-order valence-electron chi connectivity index (χ4n) is 2.57. The molecular weight excluding hydrogens is 400 g/mol. The van der Waals surface area contributed by atoms with Crippen molar-refractivity contribution in [2.45, 2.75) is 6.92 Å². The van der Waals surface area contributed by atoms with Crippen molar-refractivity contribution in [2.24, 2.45) is 0 Å². The molecule has 10 heteroatoms. The summed E-state index contributed by atoms with van der Waals surface area (Å²) >= 11 is 5.72. The predicted octanol–water partition coefficient (Wildman–Crippen LogP) is 3.54. The van der Waals surface area contributed by atoms with Gasteiger partial charge in [-0.3, -0.25) is 14.9 Å². The van der Waals surface area contributed by atoms with Crippen molar-refractivity contribution in [1.82, 2.24) is 9.78 Å². The van der Waals surface area contributed by atoms with Gasteiger partial charge in [0, 0.05) is 17.2 Å². The van der Waals surface area contributed by atoms with Crippen LogP contribution in [0.5, 0.6) is 0 Å². The lowest BCUT2D eigenvalue weighted by Crippen LogP contribution is -2.22. The Bertz CT molecular complexity index is 1080. The lowest BCUT2D eigenvalue weighted by Gasteiger charge is -2.09. The van der Waals surface area contributed by atoms with E-state index < -0.39 is 29.1 Å². The van der Waals surface area contributed by atoms with Gasteiger partial charge >= 0.3 is 5.97 Å². The molecule has 0 saturated carbocycles. The van der Waals surface area contributed by atoms with Gasteiger partial charge in [-0.25, -0.2) is 9.48 Å². The highest BCUT2D eigenvalue weighted by Gasteiger charge is 2.23. The number of esters is 1. The van der Waals surface area contributed by atoms with Crippen molar-refractivity contribution in [1.29, 1.82) is 0 Å². The van der Waals surface area contributed by atoms with Crippen molar-refractivity contribution < 1.29 is 19.2 Å².